The molecule has 3 amide bonds. The highest BCUT2D eigenvalue weighted by atomic mass is 35.5. The summed E-state index contributed by atoms with van der Waals surface area (Å²) in [4.78, 5) is 83.8. The van der Waals surface area contributed by atoms with Crippen molar-refractivity contribution < 1.29 is 57.0 Å². The van der Waals surface area contributed by atoms with E-state index in [1.165, 1.54) is 5.38 Å². The van der Waals surface area contributed by atoms with Gasteiger partial charge in [-0.25, -0.2) is 19.4 Å². The zero-order chi connectivity index (χ0) is 32.9. The second-order valence-electron chi connectivity index (χ2n) is 9.80. The van der Waals surface area contributed by atoms with Crippen LogP contribution < -0.4 is 10.6 Å². The second-order valence-corrected chi connectivity index (χ2v) is 12.5. The fraction of sp³-hybridized carbons (Fsp3) is 0.455. The summed E-state index contributed by atoms with van der Waals surface area (Å²) in [6.07, 6.45) is -3.75. The highest BCUT2D eigenvalue weighted by Gasteiger charge is 2.57. The minimum Gasteiger partial charge on any atom is -0.541 e. The first-order valence-corrected chi connectivity index (χ1v) is 14.9. The molecule has 2 aliphatic rings. The average molecular weight is 670 g/mol. The van der Waals surface area contributed by atoms with E-state index < -0.39 is 81.9 Å². The lowest BCUT2D eigenvalue weighted by Crippen LogP contribution is -2.74. The lowest BCUT2D eigenvalue weighted by atomic mass is 10.0. The van der Waals surface area contributed by atoms with Gasteiger partial charge in [-0.3, -0.25) is 28.8 Å². The van der Waals surface area contributed by atoms with E-state index in [-0.39, 0.29) is 33.7 Å². The van der Waals surface area contributed by atoms with E-state index in [1.54, 1.807) is 20.8 Å². The summed E-state index contributed by atoms with van der Waals surface area (Å²) in [7, 11) is 7.96. The van der Waals surface area contributed by atoms with Gasteiger partial charge in [0.15, 0.2) is 10.8 Å². The number of aliphatic carboxylic acids is 1. The van der Waals surface area contributed by atoms with Gasteiger partial charge in [0.25, 0.3) is 11.8 Å². The number of thiazole rings is 1. The van der Waals surface area contributed by atoms with Crippen molar-refractivity contribution in [2.45, 2.75) is 50.3 Å². The van der Waals surface area contributed by atoms with Crippen LogP contribution in [0.25, 0.3) is 0 Å². The van der Waals surface area contributed by atoms with Crippen LogP contribution in [0.3, 0.4) is 0 Å². The number of alkyl halides is 1. The Kier molecular flexibility index (Phi) is 11.1. The molecule has 1 aromatic rings. The molecule has 22 heteroatoms. The average Bonchev–Trinajstić information content (AvgIpc) is 3.40. The van der Waals surface area contributed by atoms with E-state index >= 15 is 0 Å². The molecule has 3 heterocycles. The van der Waals surface area contributed by atoms with Gasteiger partial charge in [-0.05, 0) is 26.3 Å². The fourth-order valence-electron chi connectivity index (χ4n) is 3.76. The van der Waals surface area contributed by atoms with Crippen molar-refractivity contribution in [1.82, 2.24) is 15.2 Å². The number of oxime groups is 1. The number of carbonyl (C=O) groups is 6. The number of rotatable bonds is 11. The molecule has 0 aliphatic carbocycles. The van der Waals surface area contributed by atoms with E-state index in [2.05, 4.69) is 30.1 Å². The lowest BCUT2D eigenvalue weighted by Gasteiger charge is -2.49. The Labute approximate surface area is 263 Å². The molecular weight excluding hydrogens is 647 g/mol. The van der Waals surface area contributed by atoms with Crippen LogP contribution in [0.15, 0.2) is 21.8 Å². The molecule has 3 rings (SSSR count). The highest BCUT2D eigenvalue weighted by molar-refractivity contribution is 7.86. The molecule has 17 nitrogen and oxygen atoms in total. The first kappa shape index (κ1) is 34.5. The van der Waals surface area contributed by atoms with Crippen molar-refractivity contribution >= 4 is 96.5 Å². The summed E-state index contributed by atoms with van der Waals surface area (Å²) >= 11 is 6.67. The van der Waals surface area contributed by atoms with E-state index in [9.17, 15) is 33.0 Å². The number of β-lactam (4-membered cyclic amide) rings is 1. The molecule has 4 atom stereocenters. The Morgan fingerprint density at radius 2 is 1.95 bits per heavy atom. The maximum Gasteiger partial charge on any atom is 0.413 e. The molecule has 0 saturated carbocycles. The predicted octanol–water partition coefficient (Wildman–Crippen LogP) is -0.784. The van der Waals surface area contributed by atoms with Crippen LogP contribution in [0.2, 0.25) is 0 Å². The Morgan fingerprint density at radius 3 is 2.52 bits per heavy atom. The largest absolute Gasteiger partial charge is 0.541 e. The maximum absolute atomic E-state index is 13.4. The molecule has 44 heavy (non-hydrogen) atoms. The van der Waals surface area contributed by atoms with Crippen LogP contribution in [-0.2, 0) is 53.7 Å². The van der Waals surface area contributed by atoms with Crippen LogP contribution in [0.5, 0.6) is 0 Å². The lowest BCUT2D eigenvalue weighted by molar-refractivity contribution is -0.154. The first-order valence-electron chi connectivity index (χ1n) is 12.1. The minimum atomic E-state index is -1.91. The number of halogens is 1. The maximum atomic E-state index is 13.4. The quantitative estimate of drug-likeness (QED) is 0.0864. The number of amides is 3. The normalized spacial score (nSPS) is 20.5. The first-order chi connectivity index (χ1) is 20.6. The van der Waals surface area contributed by atoms with Crippen LogP contribution >= 0.6 is 22.9 Å². The molecule has 3 N–H and O–H groups in total. The molecule has 1 fully saturated rings. The molecule has 1 saturated heterocycles. The molecule has 4 radical (unpaired) electrons. The number of ether oxygens (including phenoxy) is 1. The SMILES string of the molecule is [B]OC(=O)C1=C(CCl)CS(=O)[C@@H]2[C@H](NC(=O)/C(=N\O[C@@H](CC(=O)O)C(=O)O[B])c3csc(NC(=O)OC(C)(C)C)n3)C(=O)N12. The molecule has 1 unspecified atom stereocenters. The zero-order valence-corrected chi connectivity index (χ0v) is 25.4. The minimum absolute atomic E-state index is 0.0684. The highest BCUT2D eigenvalue weighted by Crippen LogP contribution is 2.35. The van der Waals surface area contributed by atoms with Gasteiger partial charge >= 0.3 is 40.1 Å². The van der Waals surface area contributed by atoms with Crippen LogP contribution in [0.1, 0.15) is 32.9 Å². The number of carboxylic acid groups (broad SMARTS) is 1. The van der Waals surface area contributed by atoms with Crippen molar-refractivity contribution in [1.29, 1.82) is 0 Å². The van der Waals surface area contributed by atoms with Gasteiger partial charge in [-0.2, -0.15) is 0 Å². The monoisotopic (exact) mass is 669 g/mol. The summed E-state index contributed by atoms with van der Waals surface area (Å²) in [6.45, 7) is 4.88. The van der Waals surface area contributed by atoms with Crippen molar-refractivity contribution in [3.8, 4) is 0 Å². The van der Waals surface area contributed by atoms with Crippen LogP contribution in [0.4, 0.5) is 9.93 Å². The number of fused-ring (bicyclic) bond motifs is 1. The Balaban J connectivity index is 1.92. The third-order valence-corrected chi connectivity index (χ3v) is 8.27. The molecule has 2 aliphatic heterocycles. The van der Waals surface area contributed by atoms with Crippen LogP contribution in [0, 0.1) is 0 Å². The second kappa shape index (κ2) is 14.2. The third kappa shape index (κ3) is 7.94. The van der Waals surface area contributed by atoms with Gasteiger partial charge in [-0.1, -0.05) is 5.16 Å². The summed E-state index contributed by atoms with van der Waals surface area (Å²) in [6, 6.07) is -1.46. The van der Waals surface area contributed by atoms with Gasteiger partial charge in [0, 0.05) is 11.3 Å². The van der Waals surface area contributed by atoms with E-state index in [0.717, 1.165) is 16.2 Å². The van der Waals surface area contributed by atoms with Crippen molar-refractivity contribution in [3.63, 3.8) is 0 Å². The summed E-state index contributed by atoms with van der Waals surface area (Å²) < 4.78 is 26.3. The number of carbonyl (C=O) groups excluding carboxylic acids is 5. The number of nitrogens with zero attached hydrogens (tertiary/aromatic N) is 3. The summed E-state index contributed by atoms with van der Waals surface area (Å²) in [5.74, 6) is -6.49. The summed E-state index contributed by atoms with van der Waals surface area (Å²) in [5.41, 5.74) is -1.99. The Hall–Kier alpha value is -3.97. The number of carboxylic acids is 1. The van der Waals surface area contributed by atoms with Gasteiger partial charge in [0.2, 0.25) is 6.10 Å². The Bertz CT molecular complexity index is 1460. The number of aromatic nitrogens is 1. The van der Waals surface area contributed by atoms with Gasteiger partial charge < -0.3 is 29.3 Å². The Morgan fingerprint density at radius 1 is 1.27 bits per heavy atom. The van der Waals surface area contributed by atoms with Gasteiger partial charge in [0.05, 0.1) is 23.0 Å². The van der Waals surface area contributed by atoms with Gasteiger partial charge in [-0.15, -0.1) is 22.9 Å². The molecule has 0 spiro atoms. The van der Waals surface area contributed by atoms with Crippen molar-refractivity contribution in [2.24, 2.45) is 5.16 Å². The van der Waals surface area contributed by atoms with Crippen LogP contribution in [-0.4, -0.2) is 112 Å². The molecular formula is C22H22B2ClN5O12S2. The third-order valence-electron chi connectivity index (χ3n) is 5.53. The molecule has 232 valence electrons. The van der Waals surface area contributed by atoms with E-state index in [4.69, 9.17) is 42.4 Å². The standard InChI is InChI=1S/C22H22B2ClN5O12S2/c1-22(2,3)39-21(37)28-20-26-9(6-43-20)12(29-42-10(4-11(31)32)18(35)40-23)15(33)27-13-16(34)30-14(19(36)41-24)8(5-25)7-44(38)17(13)30/h6,10,13,17H,4-5,7H2,1-3H3,(H,27,33)(H,31,32)(H,26,28,37)/b29-12-/t10-,13+,17+,44?/m0/s1. The van der Waals surface area contributed by atoms with E-state index in [1.807, 2.05) is 0 Å². The van der Waals surface area contributed by atoms with E-state index in [0.29, 0.717) is 0 Å². The number of hydrogen-bond donors (Lipinski definition) is 3. The summed E-state index contributed by atoms with van der Waals surface area (Å²) in [5, 5.41) is 17.3. The van der Waals surface area contributed by atoms with Gasteiger partial charge in [0.1, 0.15) is 28.4 Å². The topological polar surface area (TPSA) is 229 Å². The zero-order valence-electron chi connectivity index (χ0n) is 23.1. The van der Waals surface area contributed by atoms with Crippen molar-refractivity contribution in [2.75, 3.05) is 16.9 Å². The van der Waals surface area contributed by atoms with Crippen molar-refractivity contribution in [3.05, 3.63) is 22.3 Å². The predicted molar refractivity (Wildman–Crippen MR) is 153 cm³/mol. The number of hydrogen-bond acceptors (Lipinski definition) is 14. The smallest absolute Gasteiger partial charge is 0.413 e. The number of anilines is 1. The molecule has 0 bridgehead atoms. The molecule has 0 aromatic carbocycles. The fourth-order valence-corrected chi connectivity index (χ4v) is 6.46. The number of nitrogens with one attached hydrogen (secondary N) is 2. The molecule has 1 aromatic heterocycles.